The smallest absolute Gasteiger partial charge is 0.408 e. The van der Waals surface area contributed by atoms with Crippen LogP contribution in [0.15, 0.2) is 36.4 Å². The van der Waals surface area contributed by atoms with Gasteiger partial charge in [-0.2, -0.15) is 0 Å². The average Bonchev–Trinajstić information content (AvgIpc) is 2.54. The number of ether oxygens (including phenoxy) is 1. The van der Waals surface area contributed by atoms with Gasteiger partial charge in [-0.05, 0) is 51.5 Å². The Labute approximate surface area is 156 Å². The Morgan fingerprint density at radius 2 is 1.93 bits per heavy atom. The lowest BCUT2D eigenvalue weighted by Gasteiger charge is -2.33. The van der Waals surface area contributed by atoms with Gasteiger partial charge in [0.15, 0.2) is 0 Å². The maximum Gasteiger partial charge on any atom is 0.408 e. The van der Waals surface area contributed by atoms with Crippen molar-refractivity contribution in [2.75, 3.05) is 0 Å². The summed E-state index contributed by atoms with van der Waals surface area (Å²) in [6.45, 7) is 6.65. The first-order valence-electron chi connectivity index (χ1n) is 8.21. The van der Waals surface area contributed by atoms with Gasteiger partial charge in [-0.1, -0.05) is 6.07 Å². The Morgan fingerprint density at radius 3 is 2.48 bits per heavy atom. The molecule has 0 aliphatic carbocycles. The number of rotatable bonds is 5. The van der Waals surface area contributed by atoms with Crippen molar-refractivity contribution in [3.05, 3.63) is 63.5 Å². The summed E-state index contributed by atoms with van der Waals surface area (Å²) in [5.74, 6) is 0.0618. The van der Waals surface area contributed by atoms with E-state index in [-0.39, 0.29) is 29.3 Å². The van der Waals surface area contributed by atoms with Gasteiger partial charge >= 0.3 is 6.09 Å². The summed E-state index contributed by atoms with van der Waals surface area (Å²) in [4.78, 5) is 23.4. The minimum absolute atomic E-state index is 0.184. The maximum atomic E-state index is 13.4. The molecule has 27 heavy (non-hydrogen) atoms. The number of hydrogen-bond donors (Lipinski definition) is 1. The number of benzene rings is 2. The van der Waals surface area contributed by atoms with Crippen molar-refractivity contribution in [3.8, 4) is 11.5 Å². The van der Waals surface area contributed by atoms with E-state index in [1.807, 2.05) is 0 Å². The van der Waals surface area contributed by atoms with E-state index in [0.29, 0.717) is 5.56 Å². The van der Waals surface area contributed by atoms with E-state index < -0.39 is 22.4 Å². The Bertz CT molecular complexity index is 877. The van der Waals surface area contributed by atoms with Gasteiger partial charge in [0, 0.05) is 17.7 Å². The molecule has 2 aromatic rings. The van der Waals surface area contributed by atoms with Crippen molar-refractivity contribution < 1.29 is 24.0 Å². The van der Waals surface area contributed by atoms with Crippen molar-refractivity contribution in [2.45, 2.75) is 39.8 Å². The largest absolute Gasteiger partial charge is 0.465 e. The quantitative estimate of drug-likeness (QED) is 0.578. The van der Waals surface area contributed by atoms with Gasteiger partial charge in [-0.15, -0.1) is 0 Å². The second kappa shape index (κ2) is 7.61. The van der Waals surface area contributed by atoms with Crippen LogP contribution in [0.25, 0.3) is 0 Å². The molecule has 2 rings (SSSR count). The summed E-state index contributed by atoms with van der Waals surface area (Å²) in [5.41, 5.74) is -0.0914. The van der Waals surface area contributed by atoms with E-state index >= 15 is 0 Å². The molecule has 7 nitrogen and oxygen atoms in total. The summed E-state index contributed by atoms with van der Waals surface area (Å²) in [7, 11) is 0. The first-order chi connectivity index (χ1) is 12.5. The number of carbonyl (C=O) groups is 1. The Morgan fingerprint density at radius 1 is 1.26 bits per heavy atom. The standard InChI is InChI=1S/C19H21FN2O5/c1-12-5-6-14(20)10-17(12)27-15-7-8-16(22(25)26)13(9-15)11-21(18(23)24)19(2,3)4/h5-10H,11H2,1-4H3,(H,23,24). The highest BCUT2D eigenvalue weighted by molar-refractivity contribution is 5.66. The molecule has 1 amide bonds. The number of nitrogens with zero attached hydrogens (tertiary/aromatic N) is 2. The summed E-state index contributed by atoms with van der Waals surface area (Å²) in [6, 6.07) is 8.13. The van der Waals surface area contributed by atoms with Gasteiger partial charge in [0.2, 0.25) is 0 Å². The first-order valence-corrected chi connectivity index (χ1v) is 8.21. The van der Waals surface area contributed by atoms with E-state index in [4.69, 9.17) is 4.74 Å². The Hall–Kier alpha value is -3.16. The molecule has 0 aliphatic heterocycles. The van der Waals surface area contributed by atoms with E-state index in [1.165, 1.54) is 30.3 Å². The number of halogens is 1. The van der Waals surface area contributed by atoms with Crippen LogP contribution in [0.1, 0.15) is 31.9 Å². The summed E-state index contributed by atoms with van der Waals surface area (Å²) >= 11 is 0. The minimum atomic E-state index is -1.19. The molecule has 0 spiro atoms. The highest BCUT2D eigenvalue weighted by atomic mass is 19.1. The van der Waals surface area contributed by atoms with Crippen molar-refractivity contribution in [1.29, 1.82) is 0 Å². The van der Waals surface area contributed by atoms with E-state index in [1.54, 1.807) is 33.8 Å². The van der Waals surface area contributed by atoms with Crippen molar-refractivity contribution in [1.82, 2.24) is 4.90 Å². The predicted octanol–water partition coefficient (Wildman–Crippen LogP) is 5.11. The summed E-state index contributed by atoms with van der Waals surface area (Å²) in [6.07, 6.45) is -1.19. The number of nitro benzene ring substituents is 1. The van der Waals surface area contributed by atoms with Gasteiger partial charge < -0.3 is 9.84 Å². The van der Waals surface area contributed by atoms with Crippen LogP contribution in [-0.4, -0.2) is 26.6 Å². The maximum absolute atomic E-state index is 13.4. The van der Waals surface area contributed by atoms with Crippen LogP contribution < -0.4 is 4.74 Å². The lowest BCUT2D eigenvalue weighted by molar-refractivity contribution is -0.385. The molecule has 0 radical (unpaired) electrons. The molecule has 0 bridgehead atoms. The molecule has 2 aromatic carbocycles. The molecule has 0 aromatic heterocycles. The third-order valence-electron chi connectivity index (χ3n) is 3.99. The third-order valence-corrected chi connectivity index (χ3v) is 3.99. The second-order valence-electron chi connectivity index (χ2n) is 7.10. The number of aryl methyl sites for hydroxylation is 1. The fourth-order valence-corrected chi connectivity index (χ4v) is 2.50. The molecule has 0 fully saturated rings. The van der Waals surface area contributed by atoms with Crippen LogP contribution in [0, 0.1) is 22.9 Å². The zero-order chi connectivity index (χ0) is 20.4. The lowest BCUT2D eigenvalue weighted by Crippen LogP contribution is -2.44. The Kier molecular flexibility index (Phi) is 5.68. The third kappa shape index (κ3) is 4.93. The fourth-order valence-electron chi connectivity index (χ4n) is 2.50. The molecule has 0 atom stereocenters. The highest BCUT2D eigenvalue weighted by Gasteiger charge is 2.29. The summed E-state index contributed by atoms with van der Waals surface area (Å²) in [5, 5.41) is 20.8. The second-order valence-corrected chi connectivity index (χ2v) is 7.10. The summed E-state index contributed by atoms with van der Waals surface area (Å²) < 4.78 is 19.1. The molecule has 0 unspecified atom stereocenters. The molecular weight excluding hydrogens is 355 g/mol. The molecular formula is C19H21FN2O5. The van der Waals surface area contributed by atoms with Gasteiger partial charge in [0.25, 0.3) is 5.69 Å². The van der Waals surface area contributed by atoms with Crippen LogP contribution in [0.5, 0.6) is 11.5 Å². The van der Waals surface area contributed by atoms with Crippen LogP contribution in [-0.2, 0) is 6.54 Å². The molecule has 8 heteroatoms. The lowest BCUT2D eigenvalue weighted by atomic mass is 10.0. The van der Waals surface area contributed by atoms with E-state index in [9.17, 15) is 24.4 Å². The van der Waals surface area contributed by atoms with Crippen LogP contribution in [0.3, 0.4) is 0 Å². The molecule has 0 saturated carbocycles. The number of hydrogen-bond acceptors (Lipinski definition) is 4. The van der Waals surface area contributed by atoms with Crippen LogP contribution in [0.4, 0.5) is 14.9 Å². The molecule has 1 N–H and O–H groups in total. The predicted molar refractivity (Wildman–Crippen MR) is 97.6 cm³/mol. The van der Waals surface area contributed by atoms with Crippen LogP contribution in [0.2, 0.25) is 0 Å². The zero-order valence-corrected chi connectivity index (χ0v) is 15.5. The van der Waals surface area contributed by atoms with Gasteiger partial charge in [-0.25, -0.2) is 9.18 Å². The normalized spacial score (nSPS) is 11.1. The van der Waals surface area contributed by atoms with E-state index in [0.717, 1.165) is 4.90 Å². The van der Waals surface area contributed by atoms with Gasteiger partial charge in [0.05, 0.1) is 17.0 Å². The SMILES string of the molecule is Cc1ccc(F)cc1Oc1ccc([N+](=O)[O-])c(CN(C(=O)O)C(C)(C)C)c1. The monoisotopic (exact) mass is 376 g/mol. The number of amides is 1. The topological polar surface area (TPSA) is 92.9 Å². The minimum Gasteiger partial charge on any atom is -0.465 e. The van der Waals surface area contributed by atoms with Gasteiger partial charge in [0.1, 0.15) is 17.3 Å². The Balaban J connectivity index is 2.43. The van der Waals surface area contributed by atoms with Gasteiger partial charge in [-0.3, -0.25) is 15.0 Å². The molecule has 0 saturated heterocycles. The zero-order valence-electron chi connectivity index (χ0n) is 15.5. The van der Waals surface area contributed by atoms with Crippen molar-refractivity contribution in [3.63, 3.8) is 0 Å². The first kappa shape index (κ1) is 20.2. The average molecular weight is 376 g/mol. The fraction of sp³-hybridized carbons (Fsp3) is 0.316. The molecule has 0 heterocycles. The number of carboxylic acid groups (broad SMARTS) is 1. The highest BCUT2D eigenvalue weighted by Crippen LogP contribution is 2.31. The number of nitro groups is 1. The van der Waals surface area contributed by atoms with E-state index in [2.05, 4.69) is 0 Å². The molecule has 144 valence electrons. The molecule has 0 aliphatic rings. The van der Waals surface area contributed by atoms with Crippen molar-refractivity contribution in [2.24, 2.45) is 0 Å². The van der Waals surface area contributed by atoms with Crippen LogP contribution >= 0.6 is 0 Å². The van der Waals surface area contributed by atoms with Crippen molar-refractivity contribution >= 4 is 11.8 Å².